The fourth-order valence-electron chi connectivity index (χ4n) is 4.27. The summed E-state index contributed by atoms with van der Waals surface area (Å²) >= 11 is 6.06. The maximum atomic E-state index is 13.2. The first kappa shape index (κ1) is 20.6. The standard InChI is InChI=1S/C22H27ClN6O/c1-3-22(4-2,17-5-7-18(23)8-6-17)25-21(30)16-11-13-28(14-12-16)20-10-9-19-26-24-15-29(19)27-20/h5-10,15-16H,3-4,11-14H2,1-2H3,(H,25,30). The van der Waals surface area contributed by atoms with Gasteiger partial charge in [-0.15, -0.1) is 15.3 Å². The van der Waals surface area contributed by atoms with Gasteiger partial charge in [0.25, 0.3) is 0 Å². The quantitative estimate of drug-likeness (QED) is 0.648. The van der Waals surface area contributed by atoms with Crippen LogP contribution in [-0.2, 0) is 10.3 Å². The Bertz CT molecular complexity index is 1010. The summed E-state index contributed by atoms with van der Waals surface area (Å²) in [6, 6.07) is 11.7. The molecule has 3 aromatic rings. The van der Waals surface area contributed by atoms with Crippen LogP contribution in [-0.4, -0.2) is 38.8 Å². The van der Waals surface area contributed by atoms with Crippen molar-refractivity contribution in [2.45, 2.75) is 45.1 Å². The highest BCUT2D eigenvalue weighted by atomic mass is 35.5. The van der Waals surface area contributed by atoms with Crippen LogP contribution in [0.4, 0.5) is 5.82 Å². The maximum Gasteiger partial charge on any atom is 0.223 e. The van der Waals surface area contributed by atoms with E-state index in [1.807, 2.05) is 36.4 Å². The number of hydrogen-bond donors (Lipinski definition) is 1. The van der Waals surface area contributed by atoms with Crippen molar-refractivity contribution in [1.82, 2.24) is 25.1 Å². The zero-order valence-electron chi connectivity index (χ0n) is 17.4. The highest BCUT2D eigenvalue weighted by molar-refractivity contribution is 6.30. The second-order valence-corrected chi connectivity index (χ2v) is 8.31. The molecule has 158 valence electrons. The summed E-state index contributed by atoms with van der Waals surface area (Å²) in [6.45, 7) is 5.83. The predicted molar refractivity (Wildman–Crippen MR) is 118 cm³/mol. The Morgan fingerprint density at radius 1 is 1.13 bits per heavy atom. The summed E-state index contributed by atoms with van der Waals surface area (Å²) in [5.74, 6) is 1.03. The van der Waals surface area contributed by atoms with Gasteiger partial charge in [-0.1, -0.05) is 37.6 Å². The molecule has 0 atom stereocenters. The Balaban J connectivity index is 1.42. The molecule has 8 heteroatoms. The van der Waals surface area contributed by atoms with Gasteiger partial charge in [0.2, 0.25) is 5.91 Å². The van der Waals surface area contributed by atoms with Crippen molar-refractivity contribution in [3.05, 3.63) is 53.3 Å². The Hall–Kier alpha value is -2.67. The number of benzene rings is 1. The number of halogens is 1. The molecule has 4 rings (SSSR count). The number of nitrogens with zero attached hydrogens (tertiary/aromatic N) is 5. The molecule has 0 unspecified atom stereocenters. The second kappa shape index (κ2) is 8.60. The van der Waals surface area contributed by atoms with Crippen LogP contribution in [0, 0.1) is 5.92 Å². The third-order valence-corrected chi connectivity index (χ3v) is 6.56. The summed E-state index contributed by atoms with van der Waals surface area (Å²) in [7, 11) is 0. The molecule has 1 amide bonds. The molecule has 1 aliphatic rings. The first-order valence-corrected chi connectivity index (χ1v) is 10.9. The molecular weight excluding hydrogens is 400 g/mol. The molecule has 0 bridgehead atoms. The molecular formula is C22H27ClN6O. The minimum absolute atomic E-state index is 0.00432. The molecule has 7 nitrogen and oxygen atoms in total. The van der Waals surface area contributed by atoms with E-state index in [4.69, 9.17) is 11.6 Å². The number of anilines is 1. The van der Waals surface area contributed by atoms with Gasteiger partial charge in [0.15, 0.2) is 5.65 Å². The maximum absolute atomic E-state index is 13.2. The summed E-state index contributed by atoms with van der Waals surface area (Å²) in [6.07, 6.45) is 4.87. The Kier molecular flexibility index (Phi) is 5.90. The van der Waals surface area contributed by atoms with Gasteiger partial charge < -0.3 is 10.2 Å². The summed E-state index contributed by atoms with van der Waals surface area (Å²) in [5, 5.41) is 16.5. The lowest BCUT2D eigenvalue weighted by Gasteiger charge is -2.37. The van der Waals surface area contributed by atoms with E-state index >= 15 is 0 Å². The first-order valence-electron chi connectivity index (χ1n) is 10.5. The fraction of sp³-hybridized carbons (Fsp3) is 0.455. The smallest absolute Gasteiger partial charge is 0.223 e. The van der Waals surface area contributed by atoms with Crippen molar-refractivity contribution >= 4 is 29.0 Å². The van der Waals surface area contributed by atoms with Crippen molar-refractivity contribution in [2.75, 3.05) is 18.0 Å². The number of carbonyl (C=O) groups excluding carboxylic acids is 1. The van der Waals surface area contributed by atoms with Gasteiger partial charge in [-0.3, -0.25) is 4.79 Å². The summed E-state index contributed by atoms with van der Waals surface area (Å²) in [5.41, 5.74) is 1.47. The first-order chi connectivity index (χ1) is 14.5. The number of piperidine rings is 1. The lowest BCUT2D eigenvalue weighted by molar-refractivity contribution is -0.127. The van der Waals surface area contributed by atoms with Crippen molar-refractivity contribution in [2.24, 2.45) is 5.92 Å². The minimum Gasteiger partial charge on any atom is -0.355 e. The Morgan fingerprint density at radius 2 is 1.83 bits per heavy atom. The van der Waals surface area contributed by atoms with Gasteiger partial charge in [0, 0.05) is 24.0 Å². The molecule has 0 saturated carbocycles. The summed E-state index contributed by atoms with van der Waals surface area (Å²) < 4.78 is 1.68. The molecule has 2 aromatic heterocycles. The molecule has 30 heavy (non-hydrogen) atoms. The van der Waals surface area contributed by atoms with E-state index in [1.165, 1.54) is 0 Å². The van der Waals surface area contributed by atoms with E-state index < -0.39 is 0 Å². The number of nitrogens with one attached hydrogen (secondary N) is 1. The number of aromatic nitrogens is 4. The zero-order valence-corrected chi connectivity index (χ0v) is 18.1. The number of carbonyl (C=O) groups is 1. The largest absolute Gasteiger partial charge is 0.355 e. The SMILES string of the molecule is CCC(CC)(NC(=O)C1CCN(c2ccc3nncn3n2)CC1)c1ccc(Cl)cc1. The van der Waals surface area contributed by atoms with Crippen molar-refractivity contribution in [3.8, 4) is 0 Å². The fourth-order valence-corrected chi connectivity index (χ4v) is 4.40. The Morgan fingerprint density at radius 3 is 2.50 bits per heavy atom. The van der Waals surface area contributed by atoms with Crippen molar-refractivity contribution in [1.29, 1.82) is 0 Å². The number of fused-ring (bicyclic) bond motifs is 1. The highest BCUT2D eigenvalue weighted by Gasteiger charge is 2.34. The molecule has 1 aliphatic heterocycles. The number of hydrogen-bond acceptors (Lipinski definition) is 5. The average molecular weight is 427 g/mol. The van der Waals surface area contributed by atoms with Crippen LogP contribution in [0.1, 0.15) is 45.1 Å². The molecule has 0 radical (unpaired) electrons. The molecule has 1 N–H and O–H groups in total. The van der Waals surface area contributed by atoms with E-state index in [-0.39, 0.29) is 17.4 Å². The molecule has 0 spiro atoms. The molecule has 0 aliphatic carbocycles. The molecule has 1 aromatic carbocycles. The lowest BCUT2D eigenvalue weighted by atomic mass is 9.83. The van der Waals surface area contributed by atoms with Crippen LogP contribution in [0.25, 0.3) is 5.65 Å². The molecule has 1 saturated heterocycles. The average Bonchev–Trinajstić information content (AvgIpc) is 3.26. The van der Waals surface area contributed by atoms with E-state index in [1.54, 1.807) is 10.8 Å². The number of rotatable bonds is 6. The van der Waals surface area contributed by atoms with Crippen LogP contribution in [0.3, 0.4) is 0 Å². The van der Waals surface area contributed by atoms with Gasteiger partial charge in [0.1, 0.15) is 12.1 Å². The predicted octanol–water partition coefficient (Wildman–Crippen LogP) is 3.83. The van der Waals surface area contributed by atoms with E-state index in [0.717, 1.165) is 55.8 Å². The van der Waals surface area contributed by atoms with Crippen molar-refractivity contribution in [3.63, 3.8) is 0 Å². The van der Waals surface area contributed by atoms with Crippen molar-refractivity contribution < 1.29 is 4.79 Å². The van der Waals surface area contributed by atoms with Crippen LogP contribution in [0.5, 0.6) is 0 Å². The third kappa shape index (κ3) is 3.99. The molecule has 3 heterocycles. The van der Waals surface area contributed by atoms with Crippen LogP contribution < -0.4 is 10.2 Å². The van der Waals surface area contributed by atoms with Crippen LogP contribution in [0.15, 0.2) is 42.7 Å². The lowest BCUT2D eigenvalue weighted by Crippen LogP contribution is -2.49. The molecule has 1 fully saturated rings. The topological polar surface area (TPSA) is 75.4 Å². The highest BCUT2D eigenvalue weighted by Crippen LogP contribution is 2.31. The van der Waals surface area contributed by atoms with Gasteiger partial charge in [-0.05, 0) is 55.5 Å². The van der Waals surface area contributed by atoms with Gasteiger partial charge in [-0.25, -0.2) is 0 Å². The number of amides is 1. The van der Waals surface area contributed by atoms with Gasteiger partial charge in [0.05, 0.1) is 5.54 Å². The minimum atomic E-state index is -0.361. The van der Waals surface area contributed by atoms with E-state index in [9.17, 15) is 4.79 Å². The van der Waals surface area contributed by atoms with Crippen LogP contribution in [0.2, 0.25) is 5.02 Å². The summed E-state index contributed by atoms with van der Waals surface area (Å²) in [4.78, 5) is 15.4. The monoisotopic (exact) mass is 426 g/mol. The van der Waals surface area contributed by atoms with Crippen LogP contribution >= 0.6 is 11.6 Å². The normalized spacial score (nSPS) is 15.5. The second-order valence-electron chi connectivity index (χ2n) is 7.87. The van der Waals surface area contributed by atoms with Gasteiger partial charge in [-0.2, -0.15) is 4.52 Å². The van der Waals surface area contributed by atoms with E-state index in [0.29, 0.717) is 5.02 Å². The third-order valence-electron chi connectivity index (χ3n) is 6.30. The zero-order chi connectivity index (χ0) is 21.1. The Labute approximate surface area is 181 Å². The van der Waals surface area contributed by atoms with E-state index in [2.05, 4.69) is 39.4 Å². The van der Waals surface area contributed by atoms with Gasteiger partial charge >= 0.3 is 0 Å².